The number of amides is 3. The highest BCUT2D eigenvalue weighted by atomic mass is 16.6. The number of hydrogen-bond acceptors (Lipinski definition) is 5. The topological polar surface area (TPSA) is 113 Å². The normalized spacial score (nSPS) is 31.1. The van der Waals surface area contributed by atoms with Gasteiger partial charge in [0.1, 0.15) is 6.04 Å². The second-order valence-corrected chi connectivity index (χ2v) is 8.81. The minimum atomic E-state index is -0.705. The van der Waals surface area contributed by atoms with Gasteiger partial charge in [-0.25, -0.2) is 4.79 Å². The fourth-order valence-corrected chi connectivity index (χ4v) is 5.78. The number of carbonyl (C=O) groups excluding carboxylic acids is 2. The van der Waals surface area contributed by atoms with Gasteiger partial charge in [-0.05, 0) is 69.3 Å². The summed E-state index contributed by atoms with van der Waals surface area (Å²) in [6.07, 6.45) is 6.90. The lowest BCUT2D eigenvalue weighted by Gasteiger charge is -2.56. The molecule has 4 bridgehead atoms. The van der Waals surface area contributed by atoms with Crippen molar-refractivity contribution >= 4 is 23.3 Å². The Labute approximate surface area is 163 Å². The molecule has 4 aliphatic rings. The Kier molecular flexibility index (Phi) is 4.72. The summed E-state index contributed by atoms with van der Waals surface area (Å²) in [5.41, 5.74) is 0.242. The number of urea groups is 1. The molecule has 1 aromatic carbocycles. The molecule has 3 amide bonds. The Hall–Kier alpha value is -2.64. The van der Waals surface area contributed by atoms with Crippen LogP contribution in [0.2, 0.25) is 0 Å². The zero-order valence-corrected chi connectivity index (χ0v) is 15.9. The molecule has 8 nitrogen and oxygen atoms in total. The number of benzene rings is 1. The number of nitro benzene ring substituents is 1. The van der Waals surface area contributed by atoms with E-state index in [9.17, 15) is 19.7 Å². The first-order valence-electron chi connectivity index (χ1n) is 9.96. The summed E-state index contributed by atoms with van der Waals surface area (Å²) in [6, 6.07) is 4.79. The van der Waals surface area contributed by atoms with Crippen molar-refractivity contribution in [1.82, 2.24) is 10.6 Å². The Morgan fingerprint density at radius 1 is 1.14 bits per heavy atom. The molecular formula is C20H26N4O4. The number of anilines is 1. The standard InChI is InChI=1S/C20H26N4O4/c1-12(21-16-3-2-4-17(8-16)24(27)28)18(25)22-19(26)23-20-9-13-5-14(10-20)7-15(6-13)11-20/h2-4,8,12-15,21H,5-7,9-11H2,1H3,(H2,22,23,25,26)/t12-,13?,14?,15?,20?/m0/s1. The van der Waals surface area contributed by atoms with Crippen LogP contribution in [0.4, 0.5) is 16.2 Å². The Balaban J connectivity index is 1.32. The monoisotopic (exact) mass is 386 g/mol. The van der Waals surface area contributed by atoms with Gasteiger partial charge in [0.2, 0.25) is 5.91 Å². The predicted molar refractivity (Wildman–Crippen MR) is 104 cm³/mol. The molecule has 4 fully saturated rings. The van der Waals surface area contributed by atoms with E-state index in [1.54, 1.807) is 19.1 Å². The van der Waals surface area contributed by atoms with E-state index in [0.29, 0.717) is 23.4 Å². The number of rotatable bonds is 5. The van der Waals surface area contributed by atoms with E-state index in [1.165, 1.54) is 31.4 Å². The van der Waals surface area contributed by atoms with E-state index in [0.717, 1.165) is 19.3 Å². The van der Waals surface area contributed by atoms with Crippen LogP contribution in [0.1, 0.15) is 45.4 Å². The van der Waals surface area contributed by atoms with Crippen molar-refractivity contribution in [3.05, 3.63) is 34.4 Å². The van der Waals surface area contributed by atoms with E-state index < -0.39 is 22.9 Å². The van der Waals surface area contributed by atoms with E-state index >= 15 is 0 Å². The van der Waals surface area contributed by atoms with E-state index in [-0.39, 0.29) is 11.2 Å². The molecule has 3 N–H and O–H groups in total. The van der Waals surface area contributed by atoms with Crippen LogP contribution in [0, 0.1) is 27.9 Å². The third-order valence-electron chi connectivity index (χ3n) is 6.49. The summed E-state index contributed by atoms with van der Waals surface area (Å²) in [7, 11) is 0. The molecule has 0 spiro atoms. The van der Waals surface area contributed by atoms with Crippen LogP contribution in [0.15, 0.2) is 24.3 Å². The van der Waals surface area contributed by atoms with Gasteiger partial charge in [-0.1, -0.05) is 6.07 Å². The maximum atomic E-state index is 12.5. The minimum absolute atomic E-state index is 0.0582. The van der Waals surface area contributed by atoms with Gasteiger partial charge in [0.25, 0.3) is 5.69 Å². The second kappa shape index (κ2) is 7.07. The van der Waals surface area contributed by atoms with Crippen molar-refractivity contribution < 1.29 is 14.5 Å². The number of non-ortho nitro benzene ring substituents is 1. The zero-order valence-electron chi connectivity index (χ0n) is 15.9. The number of nitrogens with one attached hydrogen (secondary N) is 3. The summed E-state index contributed by atoms with van der Waals surface area (Å²) < 4.78 is 0. The molecule has 0 aromatic heterocycles. The number of imide groups is 1. The summed E-state index contributed by atoms with van der Waals surface area (Å²) in [4.78, 5) is 35.2. The van der Waals surface area contributed by atoms with Gasteiger partial charge in [0, 0.05) is 23.4 Å². The lowest BCUT2D eigenvalue weighted by molar-refractivity contribution is -0.384. The molecule has 0 aliphatic heterocycles. The van der Waals surface area contributed by atoms with Gasteiger partial charge in [-0.3, -0.25) is 20.2 Å². The summed E-state index contributed by atoms with van der Waals surface area (Å²) >= 11 is 0. The quantitative estimate of drug-likeness (QED) is 0.531. The Morgan fingerprint density at radius 2 is 1.75 bits per heavy atom. The Morgan fingerprint density at radius 3 is 2.32 bits per heavy atom. The van der Waals surface area contributed by atoms with Crippen molar-refractivity contribution in [3.63, 3.8) is 0 Å². The van der Waals surface area contributed by atoms with E-state index in [4.69, 9.17) is 0 Å². The fraction of sp³-hybridized carbons (Fsp3) is 0.600. The third kappa shape index (κ3) is 3.81. The summed E-state index contributed by atoms with van der Waals surface area (Å²) in [6.45, 7) is 1.62. The highest BCUT2D eigenvalue weighted by Crippen LogP contribution is 2.55. The number of hydrogen-bond donors (Lipinski definition) is 3. The van der Waals surface area contributed by atoms with Crippen LogP contribution in [0.3, 0.4) is 0 Å². The first-order valence-corrected chi connectivity index (χ1v) is 9.96. The number of carbonyl (C=O) groups is 2. The molecule has 4 saturated carbocycles. The molecule has 28 heavy (non-hydrogen) atoms. The molecule has 5 rings (SSSR count). The molecule has 8 heteroatoms. The highest BCUT2D eigenvalue weighted by molar-refractivity contribution is 5.98. The predicted octanol–water partition coefficient (Wildman–Crippen LogP) is 3.19. The van der Waals surface area contributed by atoms with Crippen molar-refractivity contribution in [2.75, 3.05) is 5.32 Å². The van der Waals surface area contributed by atoms with Crippen molar-refractivity contribution in [3.8, 4) is 0 Å². The Bertz CT molecular complexity index is 774. The molecule has 150 valence electrons. The first-order chi connectivity index (χ1) is 13.3. The van der Waals surface area contributed by atoms with Crippen LogP contribution in [-0.2, 0) is 4.79 Å². The van der Waals surface area contributed by atoms with Crippen LogP contribution in [0.25, 0.3) is 0 Å². The average molecular weight is 386 g/mol. The maximum Gasteiger partial charge on any atom is 0.321 e. The van der Waals surface area contributed by atoms with Crippen molar-refractivity contribution in [1.29, 1.82) is 0 Å². The van der Waals surface area contributed by atoms with Crippen LogP contribution in [0.5, 0.6) is 0 Å². The summed E-state index contributed by atoms with van der Waals surface area (Å²) in [5.74, 6) is 1.65. The van der Waals surface area contributed by atoms with Gasteiger partial charge in [-0.15, -0.1) is 0 Å². The minimum Gasteiger partial charge on any atom is -0.374 e. The smallest absolute Gasteiger partial charge is 0.321 e. The van der Waals surface area contributed by atoms with Crippen molar-refractivity contribution in [2.24, 2.45) is 17.8 Å². The molecule has 0 radical (unpaired) electrons. The molecular weight excluding hydrogens is 360 g/mol. The van der Waals surface area contributed by atoms with Gasteiger partial charge in [0.05, 0.1) is 4.92 Å². The van der Waals surface area contributed by atoms with Gasteiger partial charge >= 0.3 is 6.03 Å². The molecule has 0 heterocycles. The van der Waals surface area contributed by atoms with Crippen molar-refractivity contribution in [2.45, 2.75) is 57.0 Å². The zero-order chi connectivity index (χ0) is 19.9. The second-order valence-electron chi connectivity index (χ2n) is 8.81. The highest BCUT2D eigenvalue weighted by Gasteiger charge is 2.51. The molecule has 4 aliphatic carbocycles. The van der Waals surface area contributed by atoms with Gasteiger partial charge in [0.15, 0.2) is 0 Å². The number of nitro groups is 1. The third-order valence-corrected chi connectivity index (χ3v) is 6.49. The average Bonchev–Trinajstić information content (AvgIpc) is 2.60. The lowest BCUT2D eigenvalue weighted by Crippen LogP contribution is -2.62. The fourth-order valence-electron chi connectivity index (χ4n) is 5.78. The SMILES string of the molecule is C[C@H](Nc1cccc([N+](=O)[O-])c1)C(=O)NC(=O)NC12CC3CC(CC(C3)C1)C2. The maximum absolute atomic E-state index is 12.5. The lowest BCUT2D eigenvalue weighted by atomic mass is 9.53. The molecule has 0 unspecified atom stereocenters. The van der Waals surface area contributed by atoms with Crippen LogP contribution >= 0.6 is 0 Å². The summed E-state index contributed by atoms with van der Waals surface area (Å²) in [5, 5.41) is 19.3. The van der Waals surface area contributed by atoms with Crippen LogP contribution < -0.4 is 16.0 Å². The van der Waals surface area contributed by atoms with E-state index in [1.807, 2.05) is 0 Å². The van der Waals surface area contributed by atoms with Gasteiger partial charge < -0.3 is 10.6 Å². The van der Waals surface area contributed by atoms with Gasteiger partial charge in [-0.2, -0.15) is 0 Å². The molecule has 0 saturated heterocycles. The van der Waals surface area contributed by atoms with E-state index in [2.05, 4.69) is 16.0 Å². The van der Waals surface area contributed by atoms with Crippen LogP contribution in [-0.4, -0.2) is 28.4 Å². The molecule has 1 atom stereocenters. The first kappa shape index (κ1) is 18.7. The largest absolute Gasteiger partial charge is 0.374 e. The molecule has 1 aromatic rings. The number of nitrogens with zero attached hydrogens (tertiary/aromatic N) is 1.